The van der Waals surface area contributed by atoms with Crippen LogP contribution in [0, 0.1) is 6.92 Å². The van der Waals surface area contributed by atoms with E-state index in [0.29, 0.717) is 24.3 Å². The number of nitrogens with zero attached hydrogens (tertiary/aromatic N) is 3. The number of aromatic hydroxyl groups is 1. The van der Waals surface area contributed by atoms with Crippen LogP contribution in [0.1, 0.15) is 26.3 Å². The number of phenolic OH excluding ortho intramolecular Hbond substituents is 1. The molecule has 1 atom stereocenters. The summed E-state index contributed by atoms with van der Waals surface area (Å²) in [7, 11) is -3.62. The van der Waals surface area contributed by atoms with Crippen LogP contribution in [-0.2, 0) is 14.8 Å². The van der Waals surface area contributed by atoms with Gasteiger partial charge in [-0.05, 0) is 55.8 Å². The number of phenols is 1. The Balaban J connectivity index is 1.65. The highest BCUT2D eigenvalue weighted by molar-refractivity contribution is 7.89. The first kappa shape index (κ1) is 25.0. The van der Waals surface area contributed by atoms with Crippen LogP contribution in [0.15, 0.2) is 47.4 Å². The van der Waals surface area contributed by atoms with Gasteiger partial charge < -0.3 is 15.3 Å². The second-order valence-electron chi connectivity index (χ2n) is 8.27. The molecule has 3 rings (SSSR count). The molecule has 0 bridgehead atoms. The first-order valence-electron chi connectivity index (χ1n) is 11.4. The van der Waals surface area contributed by atoms with Crippen molar-refractivity contribution >= 4 is 27.3 Å². The number of anilines is 2. The van der Waals surface area contributed by atoms with Crippen LogP contribution in [0.25, 0.3) is 0 Å². The van der Waals surface area contributed by atoms with Crippen molar-refractivity contribution in [1.82, 2.24) is 9.21 Å². The van der Waals surface area contributed by atoms with E-state index in [4.69, 9.17) is 0 Å². The van der Waals surface area contributed by atoms with E-state index in [-0.39, 0.29) is 22.6 Å². The maximum atomic E-state index is 13.0. The topological polar surface area (TPSA) is 93.2 Å². The summed E-state index contributed by atoms with van der Waals surface area (Å²) in [5.41, 5.74) is 2.18. The second kappa shape index (κ2) is 10.5. The van der Waals surface area contributed by atoms with Crippen molar-refractivity contribution in [2.24, 2.45) is 0 Å². The molecule has 1 aliphatic heterocycles. The monoisotopic (exact) mass is 474 g/mol. The molecule has 0 aliphatic carbocycles. The number of nitrogens with one attached hydrogen (secondary N) is 1. The van der Waals surface area contributed by atoms with Gasteiger partial charge in [0, 0.05) is 50.6 Å². The minimum absolute atomic E-state index is 0.164. The molecule has 0 aromatic heterocycles. The zero-order valence-corrected chi connectivity index (χ0v) is 20.6. The van der Waals surface area contributed by atoms with E-state index < -0.39 is 10.0 Å². The van der Waals surface area contributed by atoms with Crippen molar-refractivity contribution < 1.29 is 18.3 Å². The summed E-state index contributed by atoms with van der Waals surface area (Å²) in [6.07, 6.45) is 0. The second-order valence-corrected chi connectivity index (χ2v) is 10.2. The molecule has 1 aliphatic rings. The average Bonchev–Trinajstić information content (AvgIpc) is 2.81. The highest BCUT2D eigenvalue weighted by Crippen LogP contribution is 2.24. The first-order valence-corrected chi connectivity index (χ1v) is 12.8. The molecule has 2 aromatic carbocycles. The quantitative estimate of drug-likeness (QED) is 0.611. The zero-order valence-electron chi connectivity index (χ0n) is 19.8. The molecule has 2 aromatic rings. The number of carbonyl (C=O) groups is 1. The molecule has 0 radical (unpaired) electrons. The largest absolute Gasteiger partial charge is 0.508 e. The normalized spacial score (nSPS) is 16.1. The number of hydrogen-bond acceptors (Lipinski definition) is 6. The number of sulfonamides is 1. The summed E-state index contributed by atoms with van der Waals surface area (Å²) >= 11 is 0. The Kier molecular flexibility index (Phi) is 7.99. The standard InChI is InChI=1S/C24H34N4O4S/c1-5-28(6-2)33(31,32)23-17-20(8-7-18(23)3)25-24(30)19(4)26-13-15-27(16-14-26)21-9-11-22(29)12-10-21/h7-12,17,19,29H,5-6,13-16H2,1-4H3,(H,25,30). The summed E-state index contributed by atoms with van der Waals surface area (Å²) < 4.78 is 27.4. The Labute approximate surface area is 196 Å². The number of benzene rings is 2. The molecular weight excluding hydrogens is 440 g/mol. The van der Waals surface area contributed by atoms with Gasteiger partial charge in [0.15, 0.2) is 0 Å². The Morgan fingerprint density at radius 1 is 1.06 bits per heavy atom. The maximum absolute atomic E-state index is 13.0. The zero-order chi connectivity index (χ0) is 24.2. The molecule has 1 unspecified atom stereocenters. The van der Waals surface area contributed by atoms with E-state index in [0.717, 1.165) is 31.9 Å². The van der Waals surface area contributed by atoms with E-state index in [9.17, 15) is 18.3 Å². The SMILES string of the molecule is CCN(CC)S(=O)(=O)c1cc(NC(=O)C(C)N2CCN(c3ccc(O)cc3)CC2)ccc1C. The van der Waals surface area contributed by atoms with Crippen LogP contribution in [-0.4, -0.2) is 73.9 Å². The van der Waals surface area contributed by atoms with Gasteiger partial charge >= 0.3 is 0 Å². The summed E-state index contributed by atoms with van der Waals surface area (Å²) in [6.45, 7) is 11.0. The average molecular weight is 475 g/mol. The molecule has 180 valence electrons. The summed E-state index contributed by atoms with van der Waals surface area (Å²) in [6, 6.07) is 11.8. The third kappa shape index (κ3) is 5.66. The minimum Gasteiger partial charge on any atom is -0.508 e. The highest BCUT2D eigenvalue weighted by atomic mass is 32.2. The Bertz CT molecular complexity index is 1060. The highest BCUT2D eigenvalue weighted by Gasteiger charge is 2.27. The summed E-state index contributed by atoms with van der Waals surface area (Å²) in [5.74, 6) is 0.0787. The molecule has 9 heteroatoms. The Morgan fingerprint density at radius 2 is 1.67 bits per heavy atom. The van der Waals surface area contributed by atoms with Crippen LogP contribution < -0.4 is 10.2 Å². The molecule has 1 heterocycles. The van der Waals surface area contributed by atoms with Crippen LogP contribution in [0.4, 0.5) is 11.4 Å². The van der Waals surface area contributed by atoms with E-state index in [1.165, 1.54) is 4.31 Å². The smallest absolute Gasteiger partial charge is 0.243 e. The van der Waals surface area contributed by atoms with Gasteiger partial charge in [-0.15, -0.1) is 0 Å². The van der Waals surface area contributed by atoms with Crippen LogP contribution >= 0.6 is 0 Å². The van der Waals surface area contributed by atoms with Gasteiger partial charge in [-0.2, -0.15) is 4.31 Å². The third-order valence-electron chi connectivity index (χ3n) is 6.24. The van der Waals surface area contributed by atoms with E-state index >= 15 is 0 Å². The number of rotatable bonds is 8. The van der Waals surface area contributed by atoms with Gasteiger partial charge in [-0.3, -0.25) is 9.69 Å². The fourth-order valence-corrected chi connectivity index (χ4v) is 5.81. The van der Waals surface area contributed by atoms with Gasteiger partial charge in [-0.25, -0.2) is 8.42 Å². The molecule has 1 saturated heterocycles. The van der Waals surface area contributed by atoms with Crippen molar-refractivity contribution in [3.05, 3.63) is 48.0 Å². The molecule has 2 N–H and O–H groups in total. The van der Waals surface area contributed by atoms with Crippen molar-refractivity contribution in [3.63, 3.8) is 0 Å². The molecule has 1 amide bonds. The Hall–Kier alpha value is -2.62. The number of carbonyl (C=O) groups excluding carboxylic acids is 1. The predicted molar refractivity (Wildman–Crippen MR) is 131 cm³/mol. The predicted octanol–water partition coefficient (Wildman–Crippen LogP) is 2.88. The van der Waals surface area contributed by atoms with Crippen LogP contribution in [0.3, 0.4) is 0 Å². The maximum Gasteiger partial charge on any atom is 0.243 e. The summed E-state index contributed by atoms with van der Waals surface area (Å²) in [4.78, 5) is 17.5. The number of aryl methyl sites for hydroxylation is 1. The van der Waals surface area contributed by atoms with E-state index in [2.05, 4.69) is 15.1 Å². The lowest BCUT2D eigenvalue weighted by Crippen LogP contribution is -2.52. The van der Waals surface area contributed by atoms with Crippen LogP contribution in [0.5, 0.6) is 5.75 Å². The number of amides is 1. The third-order valence-corrected chi connectivity index (χ3v) is 8.43. The first-order chi connectivity index (χ1) is 15.7. The van der Waals surface area contributed by atoms with Crippen molar-refractivity contribution in [1.29, 1.82) is 0 Å². The molecule has 1 fully saturated rings. The lowest BCUT2D eigenvalue weighted by molar-refractivity contribution is -0.120. The molecular formula is C24H34N4O4S. The summed E-state index contributed by atoms with van der Waals surface area (Å²) in [5, 5.41) is 12.4. The molecule has 0 saturated carbocycles. The van der Waals surface area contributed by atoms with Crippen molar-refractivity contribution in [3.8, 4) is 5.75 Å². The van der Waals surface area contributed by atoms with Crippen molar-refractivity contribution in [2.45, 2.75) is 38.6 Å². The fourth-order valence-electron chi connectivity index (χ4n) is 4.10. The minimum atomic E-state index is -3.62. The number of piperazine rings is 1. The lowest BCUT2D eigenvalue weighted by atomic mass is 10.1. The molecule has 33 heavy (non-hydrogen) atoms. The van der Waals surface area contributed by atoms with E-state index in [1.54, 1.807) is 37.3 Å². The fraction of sp³-hybridized carbons (Fsp3) is 0.458. The van der Waals surface area contributed by atoms with Crippen molar-refractivity contribution in [2.75, 3.05) is 49.5 Å². The van der Waals surface area contributed by atoms with E-state index in [1.807, 2.05) is 32.9 Å². The van der Waals surface area contributed by atoms with Gasteiger partial charge in [0.25, 0.3) is 0 Å². The molecule has 8 nitrogen and oxygen atoms in total. The van der Waals surface area contributed by atoms with Crippen LogP contribution in [0.2, 0.25) is 0 Å². The lowest BCUT2D eigenvalue weighted by Gasteiger charge is -2.38. The van der Waals surface area contributed by atoms with Gasteiger partial charge in [0.1, 0.15) is 5.75 Å². The van der Waals surface area contributed by atoms with Gasteiger partial charge in [0.2, 0.25) is 15.9 Å². The van der Waals surface area contributed by atoms with Gasteiger partial charge in [0.05, 0.1) is 10.9 Å². The number of hydrogen-bond donors (Lipinski definition) is 2. The Morgan fingerprint density at radius 3 is 2.24 bits per heavy atom. The molecule has 0 spiro atoms. The van der Waals surface area contributed by atoms with Gasteiger partial charge in [-0.1, -0.05) is 19.9 Å².